The molecule has 0 radical (unpaired) electrons. The average molecular weight is 376 g/mol. The molecule has 0 aliphatic carbocycles. The summed E-state index contributed by atoms with van der Waals surface area (Å²) in [5.74, 6) is 2.04. The fourth-order valence-electron chi connectivity index (χ4n) is 3.48. The molecule has 1 amide bonds. The lowest BCUT2D eigenvalue weighted by molar-refractivity contribution is -0.121. The molecule has 0 spiro atoms. The maximum atomic E-state index is 12.4. The Morgan fingerprint density at radius 3 is 3.00 bits per heavy atom. The molecule has 1 fully saturated rings. The molecule has 2 aromatic heterocycles. The summed E-state index contributed by atoms with van der Waals surface area (Å²) < 4.78 is 5.72. The molecule has 0 bridgehead atoms. The Hall–Kier alpha value is -1.66. The van der Waals surface area contributed by atoms with E-state index in [1.807, 2.05) is 24.4 Å². The molecule has 6 heteroatoms. The van der Waals surface area contributed by atoms with Crippen LogP contribution in [0.15, 0.2) is 21.9 Å². The van der Waals surface area contributed by atoms with E-state index >= 15 is 0 Å². The first-order valence-electron chi connectivity index (χ1n) is 9.37. The first-order valence-corrected chi connectivity index (χ1v) is 10.2. The van der Waals surface area contributed by atoms with Gasteiger partial charge in [0.25, 0.3) is 0 Å². The summed E-state index contributed by atoms with van der Waals surface area (Å²) in [5.41, 5.74) is 0.682. The van der Waals surface area contributed by atoms with Crippen LogP contribution < -0.4 is 5.32 Å². The van der Waals surface area contributed by atoms with Crippen LogP contribution in [0, 0.1) is 12.8 Å². The molecule has 1 unspecified atom stereocenters. The molecule has 5 nitrogen and oxygen atoms in total. The van der Waals surface area contributed by atoms with Gasteiger partial charge in [0, 0.05) is 18.6 Å². The van der Waals surface area contributed by atoms with Crippen LogP contribution in [0.3, 0.4) is 0 Å². The third-order valence-corrected chi connectivity index (χ3v) is 6.04. The molecule has 142 valence electrons. The van der Waals surface area contributed by atoms with Crippen LogP contribution in [-0.4, -0.2) is 41.0 Å². The molecular weight excluding hydrogens is 346 g/mol. The number of aryl methyl sites for hydroxylation is 1. The molecule has 26 heavy (non-hydrogen) atoms. The summed E-state index contributed by atoms with van der Waals surface area (Å²) in [4.78, 5) is 20.4. The van der Waals surface area contributed by atoms with Crippen molar-refractivity contribution in [3.05, 3.63) is 29.0 Å². The van der Waals surface area contributed by atoms with Gasteiger partial charge in [-0.3, -0.25) is 9.69 Å². The maximum Gasteiger partial charge on any atom is 0.236 e. The van der Waals surface area contributed by atoms with Crippen LogP contribution in [0.2, 0.25) is 0 Å². The molecular formula is C20H29N3O2S. The monoisotopic (exact) mass is 375 g/mol. The second-order valence-corrected chi connectivity index (χ2v) is 8.91. The number of piperidine rings is 1. The number of hydrogen-bond donors (Lipinski definition) is 1. The van der Waals surface area contributed by atoms with E-state index in [0.717, 1.165) is 29.6 Å². The third-order valence-electron chi connectivity index (χ3n) is 5.18. The average Bonchev–Trinajstić information content (AvgIpc) is 3.24. The van der Waals surface area contributed by atoms with Crippen molar-refractivity contribution in [2.75, 3.05) is 19.6 Å². The van der Waals surface area contributed by atoms with Gasteiger partial charge in [0.05, 0.1) is 17.0 Å². The van der Waals surface area contributed by atoms with Crippen LogP contribution in [0.1, 0.15) is 45.1 Å². The van der Waals surface area contributed by atoms with E-state index in [1.165, 1.54) is 12.8 Å². The van der Waals surface area contributed by atoms with Crippen molar-refractivity contribution in [1.82, 2.24) is 15.2 Å². The SMILES string of the molecule is Cc1oc(-c2cccs2)nc1CC(=O)NCC(C)(C)N1CCCC(C)C1. The predicted octanol–water partition coefficient (Wildman–Crippen LogP) is 3.88. The standard InChI is InChI=1S/C20H29N3O2S/c1-14-7-5-9-23(12-14)20(3,4)13-21-18(24)11-16-15(2)25-19(22-16)17-8-6-10-26-17/h6,8,10,14H,5,7,9,11-13H2,1-4H3,(H,21,24). The molecule has 1 atom stereocenters. The minimum absolute atomic E-state index is 0.00253. The number of carbonyl (C=O) groups is 1. The number of thiophene rings is 1. The highest BCUT2D eigenvalue weighted by Crippen LogP contribution is 2.26. The van der Waals surface area contributed by atoms with Crippen molar-refractivity contribution in [3.8, 4) is 10.8 Å². The van der Waals surface area contributed by atoms with E-state index in [1.54, 1.807) is 11.3 Å². The van der Waals surface area contributed by atoms with Crippen molar-refractivity contribution in [3.63, 3.8) is 0 Å². The minimum Gasteiger partial charge on any atom is -0.440 e. The summed E-state index contributed by atoms with van der Waals surface area (Å²) in [7, 11) is 0. The lowest BCUT2D eigenvalue weighted by Gasteiger charge is -2.43. The van der Waals surface area contributed by atoms with E-state index in [2.05, 4.69) is 36.0 Å². The highest BCUT2D eigenvalue weighted by molar-refractivity contribution is 7.13. The van der Waals surface area contributed by atoms with Crippen molar-refractivity contribution >= 4 is 17.2 Å². The van der Waals surface area contributed by atoms with Crippen LogP contribution in [0.5, 0.6) is 0 Å². The number of amides is 1. The Labute approximate surface area is 159 Å². The van der Waals surface area contributed by atoms with Gasteiger partial charge in [0.15, 0.2) is 0 Å². The number of likely N-dealkylation sites (tertiary alicyclic amines) is 1. The predicted molar refractivity (Wildman–Crippen MR) is 105 cm³/mol. The lowest BCUT2D eigenvalue weighted by Crippen LogP contribution is -2.54. The minimum atomic E-state index is -0.0364. The van der Waals surface area contributed by atoms with Crippen molar-refractivity contribution < 1.29 is 9.21 Å². The van der Waals surface area contributed by atoms with Crippen LogP contribution in [-0.2, 0) is 11.2 Å². The van der Waals surface area contributed by atoms with Gasteiger partial charge in [-0.1, -0.05) is 13.0 Å². The molecule has 1 N–H and O–H groups in total. The molecule has 3 heterocycles. The van der Waals surface area contributed by atoms with Gasteiger partial charge in [0.1, 0.15) is 5.76 Å². The van der Waals surface area contributed by atoms with E-state index in [0.29, 0.717) is 18.2 Å². The topological polar surface area (TPSA) is 58.4 Å². The van der Waals surface area contributed by atoms with E-state index in [9.17, 15) is 4.79 Å². The zero-order chi connectivity index (χ0) is 18.7. The highest BCUT2D eigenvalue weighted by Gasteiger charge is 2.30. The summed E-state index contributed by atoms with van der Waals surface area (Å²) in [5, 5.41) is 5.09. The van der Waals surface area contributed by atoms with Gasteiger partial charge < -0.3 is 9.73 Å². The first kappa shape index (κ1) is 19.1. The molecule has 0 saturated carbocycles. The van der Waals surface area contributed by atoms with Crippen molar-refractivity contribution in [1.29, 1.82) is 0 Å². The van der Waals surface area contributed by atoms with Gasteiger partial charge >= 0.3 is 0 Å². The van der Waals surface area contributed by atoms with Gasteiger partial charge in [-0.25, -0.2) is 4.98 Å². The zero-order valence-electron chi connectivity index (χ0n) is 16.2. The van der Waals surface area contributed by atoms with Gasteiger partial charge in [-0.15, -0.1) is 11.3 Å². The number of nitrogens with zero attached hydrogens (tertiary/aromatic N) is 2. The fourth-order valence-corrected chi connectivity index (χ4v) is 4.13. The Morgan fingerprint density at radius 2 is 2.31 bits per heavy atom. The number of oxazole rings is 1. The van der Waals surface area contributed by atoms with Crippen molar-refractivity contribution in [2.24, 2.45) is 5.92 Å². The Bertz CT molecular complexity index is 736. The fraction of sp³-hybridized carbons (Fsp3) is 0.600. The van der Waals surface area contributed by atoms with Crippen LogP contribution in [0.4, 0.5) is 0 Å². The van der Waals surface area contributed by atoms with Crippen LogP contribution in [0.25, 0.3) is 10.8 Å². The number of aromatic nitrogens is 1. The molecule has 2 aromatic rings. The first-order chi connectivity index (χ1) is 12.3. The lowest BCUT2D eigenvalue weighted by atomic mass is 9.93. The van der Waals surface area contributed by atoms with Gasteiger partial charge in [-0.2, -0.15) is 0 Å². The molecule has 3 rings (SSSR count). The van der Waals surface area contributed by atoms with Crippen molar-refractivity contribution in [2.45, 2.75) is 52.5 Å². The maximum absolute atomic E-state index is 12.4. The second kappa shape index (κ2) is 7.92. The molecule has 0 aromatic carbocycles. The zero-order valence-corrected chi connectivity index (χ0v) is 17.0. The number of carbonyl (C=O) groups excluding carboxylic acids is 1. The summed E-state index contributed by atoms with van der Waals surface area (Å²) in [6, 6.07) is 3.94. The molecule has 1 saturated heterocycles. The highest BCUT2D eigenvalue weighted by atomic mass is 32.1. The number of hydrogen-bond acceptors (Lipinski definition) is 5. The molecule has 1 aliphatic heterocycles. The Morgan fingerprint density at radius 1 is 1.50 bits per heavy atom. The van der Waals surface area contributed by atoms with Gasteiger partial charge in [0.2, 0.25) is 11.8 Å². The summed E-state index contributed by atoms with van der Waals surface area (Å²) >= 11 is 1.58. The number of nitrogens with one attached hydrogen (secondary N) is 1. The smallest absolute Gasteiger partial charge is 0.236 e. The van der Waals surface area contributed by atoms with E-state index in [4.69, 9.17) is 4.42 Å². The normalized spacial score (nSPS) is 18.8. The Balaban J connectivity index is 1.56. The summed E-state index contributed by atoms with van der Waals surface area (Å²) in [6.45, 7) is 11.5. The Kier molecular flexibility index (Phi) is 5.82. The van der Waals surface area contributed by atoms with Crippen LogP contribution >= 0.6 is 11.3 Å². The summed E-state index contributed by atoms with van der Waals surface area (Å²) in [6.07, 6.45) is 2.80. The third kappa shape index (κ3) is 4.54. The molecule has 1 aliphatic rings. The number of rotatable bonds is 6. The van der Waals surface area contributed by atoms with E-state index in [-0.39, 0.29) is 17.9 Å². The van der Waals surface area contributed by atoms with E-state index < -0.39 is 0 Å². The quantitative estimate of drug-likeness (QED) is 0.832. The second-order valence-electron chi connectivity index (χ2n) is 7.96. The van der Waals surface area contributed by atoms with Gasteiger partial charge in [-0.05, 0) is 57.5 Å². The largest absolute Gasteiger partial charge is 0.440 e.